The van der Waals surface area contributed by atoms with E-state index in [9.17, 15) is 9.59 Å². The average molecular weight is 289 g/mol. The Morgan fingerprint density at radius 1 is 1.38 bits per heavy atom. The number of benzene rings is 1. The van der Waals surface area contributed by atoms with Crippen molar-refractivity contribution in [3.05, 3.63) is 35.9 Å². The SMILES string of the molecule is CN(CCN1CCCC1=O)C(=O)C[C@@H](N)c1ccccc1. The number of amides is 2. The summed E-state index contributed by atoms with van der Waals surface area (Å²) in [6.45, 7) is 1.98. The molecule has 1 aliphatic rings. The molecule has 2 N–H and O–H groups in total. The van der Waals surface area contributed by atoms with E-state index < -0.39 is 0 Å². The standard InChI is InChI=1S/C16H23N3O2/c1-18(10-11-19-9-5-8-15(19)20)16(21)12-14(17)13-6-3-2-4-7-13/h2-4,6-7,14H,5,8-12,17H2,1H3/t14-/m1/s1. The third-order valence-electron chi connectivity index (χ3n) is 3.92. The lowest BCUT2D eigenvalue weighted by Gasteiger charge is -2.23. The summed E-state index contributed by atoms with van der Waals surface area (Å²) in [5.74, 6) is 0.204. The summed E-state index contributed by atoms with van der Waals surface area (Å²) < 4.78 is 0. The van der Waals surface area contributed by atoms with Crippen LogP contribution in [-0.4, -0.2) is 48.3 Å². The van der Waals surface area contributed by atoms with Crippen LogP contribution in [0.25, 0.3) is 0 Å². The quantitative estimate of drug-likeness (QED) is 0.854. The van der Waals surface area contributed by atoms with Crippen molar-refractivity contribution >= 4 is 11.8 Å². The molecule has 1 heterocycles. The summed E-state index contributed by atoms with van der Waals surface area (Å²) in [5, 5.41) is 0. The molecule has 0 saturated carbocycles. The second-order valence-electron chi connectivity index (χ2n) is 5.52. The zero-order valence-electron chi connectivity index (χ0n) is 12.5. The first-order chi connectivity index (χ1) is 10.1. The van der Waals surface area contributed by atoms with Crippen LogP contribution in [0.4, 0.5) is 0 Å². The lowest BCUT2D eigenvalue weighted by molar-refractivity contribution is -0.132. The minimum Gasteiger partial charge on any atom is -0.344 e. The number of carbonyl (C=O) groups excluding carboxylic acids is 2. The van der Waals surface area contributed by atoms with E-state index in [1.807, 2.05) is 35.2 Å². The normalized spacial score (nSPS) is 16.1. The Balaban J connectivity index is 1.78. The predicted molar refractivity (Wildman–Crippen MR) is 81.4 cm³/mol. The first-order valence-corrected chi connectivity index (χ1v) is 7.40. The smallest absolute Gasteiger partial charge is 0.224 e. The third-order valence-corrected chi connectivity index (χ3v) is 3.92. The molecule has 5 nitrogen and oxygen atoms in total. The number of hydrogen-bond donors (Lipinski definition) is 1. The van der Waals surface area contributed by atoms with Crippen LogP contribution in [0.15, 0.2) is 30.3 Å². The molecule has 0 spiro atoms. The van der Waals surface area contributed by atoms with Gasteiger partial charge in [0.05, 0.1) is 0 Å². The van der Waals surface area contributed by atoms with Gasteiger partial charge in [0.2, 0.25) is 11.8 Å². The minimum absolute atomic E-state index is 0.0120. The van der Waals surface area contributed by atoms with Gasteiger partial charge in [0.1, 0.15) is 0 Å². The highest BCUT2D eigenvalue weighted by Gasteiger charge is 2.21. The fourth-order valence-corrected chi connectivity index (χ4v) is 2.50. The van der Waals surface area contributed by atoms with Crippen molar-refractivity contribution in [3.8, 4) is 0 Å². The Labute approximate surface area is 125 Å². The van der Waals surface area contributed by atoms with Gasteiger partial charge in [-0.25, -0.2) is 0 Å². The number of likely N-dealkylation sites (tertiary alicyclic amines) is 1. The number of carbonyl (C=O) groups is 2. The summed E-state index contributed by atoms with van der Waals surface area (Å²) in [6, 6.07) is 9.35. The zero-order chi connectivity index (χ0) is 15.2. The van der Waals surface area contributed by atoms with Gasteiger partial charge in [0, 0.05) is 45.6 Å². The predicted octanol–water partition coefficient (Wildman–Crippen LogP) is 1.16. The molecule has 1 aliphatic heterocycles. The van der Waals surface area contributed by atoms with Crippen molar-refractivity contribution in [2.75, 3.05) is 26.7 Å². The van der Waals surface area contributed by atoms with Crippen LogP contribution in [0.5, 0.6) is 0 Å². The molecular weight excluding hydrogens is 266 g/mol. The van der Waals surface area contributed by atoms with E-state index in [0.717, 1.165) is 18.5 Å². The molecule has 0 aromatic heterocycles. The van der Waals surface area contributed by atoms with E-state index in [1.54, 1.807) is 11.9 Å². The third kappa shape index (κ3) is 4.29. The van der Waals surface area contributed by atoms with Crippen LogP contribution < -0.4 is 5.73 Å². The summed E-state index contributed by atoms with van der Waals surface area (Å²) >= 11 is 0. The van der Waals surface area contributed by atoms with Gasteiger partial charge in [0.15, 0.2) is 0 Å². The highest BCUT2D eigenvalue weighted by Crippen LogP contribution is 2.14. The van der Waals surface area contributed by atoms with Gasteiger partial charge in [-0.05, 0) is 12.0 Å². The van der Waals surface area contributed by atoms with Gasteiger partial charge >= 0.3 is 0 Å². The maximum absolute atomic E-state index is 12.2. The summed E-state index contributed by atoms with van der Waals surface area (Å²) in [6.07, 6.45) is 1.85. The number of nitrogens with zero attached hydrogens (tertiary/aromatic N) is 2. The van der Waals surface area contributed by atoms with Crippen LogP contribution in [-0.2, 0) is 9.59 Å². The van der Waals surface area contributed by atoms with Crippen molar-refractivity contribution < 1.29 is 9.59 Å². The zero-order valence-corrected chi connectivity index (χ0v) is 12.5. The van der Waals surface area contributed by atoms with E-state index in [-0.39, 0.29) is 24.3 Å². The maximum atomic E-state index is 12.2. The Morgan fingerprint density at radius 3 is 2.71 bits per heavy atom. The molecule has 1 saturated heterocycles. The first-order valence-electron chi connectivity index (χ1n) is 7.40. The molecule has 2 rings (SSSR count). The van der Waals surface area contributed by atoms with Gasteiger partial charge in [0.25, 0.3) is 0 Å². The van der Waals surface area contributed by atoms with Gasteiger partial charge < -0.3 is 15.5 Å². The van der Waals surface area contributed by atoms with E-state index in [1.165, 1.54) is 0 Å². The molecule has 0 bridgehead atoms. The average Bonchev–Trinajstić information content (AvgIpc) is 2.90. The molecule has 0 aliphatic carbocycles. The van der Waals surface area contributed by atoms with Crippen LogP contribution in [0, 0.1) is 0 Å². The Bertz CT molecular complexity index is 490. The molecule has 1 atom stereocenters. The summed E-state index contributed by atoms with van der Waals surface area (Å²) in [5.41, 5.74) is 7.03. The topological polar surface area (TPSA) is 66.6 Å². The molecule has 1 fully saturated rings. The number of nitrogens with two attached hydrogens (primary N) is 1. The number of hydrogen-bond acceptors (Lipinski definition) is 3. The molecule has 0 radical (unpaired) electrons. The second kappa shape index (κ2) is 7.22. The van der Waals surface area contributed by atoms with Crippen molar-refractivity contribution in [2.45, 2.75) is 25.3 Å². The molecule has 0 unspecified atom stereocenters. The van der Waals surface area contributed by atoms with Crippen LogP contribution in [0.2, 0.25) is 0 Å². The Kier molecular flexibility index (Phi) is 5.33. The van der Waals surface area contributed by atoms with E-state index in [4.69, 9.17) is 5.73 Å². The second-order valence-corrected chi connectivity index (χ2v) is 5.52. The van der Waals surface area contributed by atoms with Gasteiger partial charge in [-0.3, -0.25) is 9.59 Å². The summed E-state index contributed by atoms with van der Waals surface area (Å²) in [7, 11) is 1.76. The highest BCUT2D eigenvalue weighted by atomic mass is 16.2. The molecule has 5 heteroatoms. The highest BCUT2D eigenvalue weighted by molar-refractivity contribution is 5.78. The molecule has 2 amide bonds. The minimum atomic E-state index is -0.283. The van der Waals surface area contributed by atoms with Crippen LogP contribution in [0.1, 0.15) is 30.9 Å². The van der Waals surface area contributed by atoms with Crippen LogP contribution >= 0.6 is 0 Å². The Morgan fingerprint density at radius 2 is 2.10 bits per heavy atom. The van der Waals surface area contributed by atoms with E-state index in [2.05, 4.69) is 0 Å². The first kappa shape index (κ1) is 15.5. The Hall–Kier alpha value is -1.88. The van der Waals surface area contributed by atoms with Crippen molar-refractivity contribution in [1.29, 1.82) is 0 Å². The van der Waals surface area contributed by atoms with Gasteiger partial charge in [-0.15, -0.1) is 0 Å². The van der Waals surface area contributed by atoms with E-state index >= 15 is 0 Å². The molecule has 114 valence electrons. The van der Waals surface area contributed by atoms with Gasteiger partial charge in [-0.2, -0.15) is 0 Å². The lowest BCUT2D eigenvalue weighted by atomic mass is 10.0. The maximum Gasteiger partial charge on any atom is 0.224 e. The van der Waals surface area contributed by atoms with Crippen LogP contribution in [0.3, 0.4) is 0 Å². The van der Waals surface area contributed by atoms with Crippen molar-refractivity contribution in [1.82, 2.24) is 9.80 Å². The van der Waals surface area contributed by atoms with Crippen molar-refractivity contribution in [3.63, 3.8) is 0 Å². The molecule has 21 heavy (non-hydrogen) atoms. The monoisotopic (exact) mass is 289 g/mol. The lowest BCUT2D eigenvalue weighted by Crippen LogP contribution is -2.37. The largest absolute Gasteiger partial charge is 0.344 e. The number of likely N-dealkylation sites (N-methyl/N-ethyl adjacent to an activating group) is 1. The fourth-order valence-electron chi connectivity index (χ4n) is 2.50. The van der Waals surface area contributed by atoms with Crippen molar-refractivity contribution in [2.24, 2.45) is 5.73 Å². The van der Waals surface area contributed by atoms with E-state index in [0.29, 0.717) is 19.5 Å². The molecular formula is C16H23N3O2. The molecule has 1 aromatic rings. The summed E-state index contributed by atoms with van der Waals surface area (Å²) in [4.78, 5) is 27.2. The van der Waals surface area contributed by atoms with Gasteiger partial charge in [-0.1, -0.05) is 30.3 Å². The fraction of sp³-hybridized carbons (Fsp3) is 0.500. The number of rotatable bonds is 6. The molecule has 1 aromatic carbocycles.